The average Bonchev–Trinajstić information content (AvgIpc) is 2.69. The fourth-order valence-electron chi connectivity index (χ4n) is 2.85. The molecule has 0 spiro atoms. The van der Waals surface area contributed by atoms with E-state index >= 15 is 0 Å². The zero-order valence-electron chi connectivity index (χ0n) is 10.3. The van der Waals surface area contributed by atoms with E-state index in [2.05, 4.69) is 29.5 Å². The van der Waals surface area contributed by atoms with Gasteiger partial charge in [-0.15, -0.1) is 5.10 Å². The molecular weight excluding hydrogens is 200 g/mol. The van der Waals surface area contributed by atoms with Crippen LogP contribution in [0.1, 0.15) is 33.1 Å². The van der Waals surface area contributed by atoms with Gasteiger partial charge in [-0.25, -0.2) is 0 Å². The molecule has 1 heterocycles. The van der Waals surface area contributed by atoms with E-state index < -0.39 is 0 Å². The summed E-state index contributed by atoms with van der Waals surface area (Å²) < 4.78 is 1.88. The van der Waals surface area contributed by atoms with Crippen molar-refractivity contribution in [2.45, 2.75) is 45.7 Å². The third-order valence-corrected chi connectivity index (χ3v) is 3.42. The molecule has 0 radical (unpaired) electrons. The van der Waals surface area contributed by atoms with Crippen LogP contribution in [-0.4, -0.2) is 27.6 Å². The molecule has 2 atom stereocenters. The van der Waals surface area contributed by atoms with E-state index in [1.807, 2.05) is 10.9 Å². The van der Waals surface area contributed by atoms with Crippen LogP contribution < -0.4 is 5.32 Å². The molecule has 0 saturated heterocycles. The van der Waals surface area contributed by atoms with Crippen molar-refractivity contribution in [3.05, 3.63) is 12.4 Å². The highest BCUT2D eigenvalue weighted by atomic mass is 15.4. The zero-order chi connectivity index (χ0) is 11.4. The first-order valence-corrected chi connectivity index (χ1v) is 6.31. The van der Waals surface area contributed by atoms with Crippen molar-refractivity contribution in [1.29, 1.82) is 0 Å². The molecular formula is C12H22N4. The Kier molecular flexibility index (Phi) is 3.93. The van der Waals surface area contributed by atoms with E-state index in [0.717, 1.165) is 24.9 Å². The Hall–Kier alpha value is -0.900. The van der Waals surface area contributed by atoms with Gasteiger partial charge in [-0.05, 0) is 31.1 Å². The Bertz CT molecular complexity index is 286. The average molecular weight is 222 g/mol. The maximum atomic E-state index is 3.96. The smallest absolute Gasteiger partial charge is 0.0692 e. The molecule has 1 fully saturated rings. The van der Waals surface area contributed by atoms with E-state index in [9.17, 15) is 0 Å². The van der Waals surface area contributed by atoms with E-state index in [1.165, 1.54) is 19.3 Å². The van der Waals surface area contributed by atoms with Gasteiger partial charge in [0.05, 0.1) is 12.7 Å². The lowest BCUT2D eigenvalue weighted by molar-refractivity contribution is 0.237. The molecule has 1 aromatic rings. The number of hydrogen-bond acceptors (Lipinski definition) is 3. The number of rotatable bonds is 4. The lowest BCUT2D eigenvalue weighted by atomic mass is 9.80. The van der Waals surface area contributed by atoms with Gasteiger partial charge in [0.25, 0.3) is 0 Å². The van der Waals surface area contributed by atoms with Gasteiger partial charge in [0.1, 0.15) is 0 Å². The fraction of sp³-hybridized carbons (Fsp3) is 0.833. The van der Waals surface area contributed by atoms with E-state index in [4.69, 9.17) is 0 Å². The number of nitrogens with one attached hydrogen (secondary N) is 1. The summed E-state index contributed by atoms with van der Waals surface area (Å²) in [6, 6.07) is 0.697. The Morgan fingerprint density at radius 3 is 2.62 bits per heavy atom. The van der Waals surface area contributed by atoms with Gasteiger partial charge in [-0.1, -0.05) is 19.1 Å². The first kappa shape index (κ1) is 11.6. The van der Waals surface area contributed by atoms with Gasteiger partial charge in [0, 0.05) is 18.8 Å². The summed E-state index contributed by atoms with van der Waals surface area (Å²) in [7, 11) is 0. The number of nitrogens with zero attached hydrogens (tertiary/aromatic N) is 3. The molecule has 1 aliphatic rings. The zero-order valence-corrected chi connectivity index (χ0v) is 10.3. The molecule has 1 aliphatic carbocycles. The fourth-order valence-corrected chi connectivity index (χ4v) is 2.85. The topological polar surface area (TPSA) is 42.7 Å². The third kappa shape index (κ3) is 3.30. The van der Waals surface area contributed by atoms with Crippen LogP contribution in [0.2, 0.25) is 0 Å². The van der Waals surface area contributed by atoms with Gasteiger partial charge < -0.3 is 5.32 Å². The minimum atomic E-state index is 0.697. The first-order valence-electron chi connectivity index (χ1n) is 6.31. The van der Waals surface area contributed by atoms with Crippen LogP contribution in [0, 0.1) is 11.8 Å². The standard InChI is InChI=1S/C12H22N4/c1-10-7-11(2)9-12(8-10)13-3-5-16-6-4-14-15-16/h4,6,10-13H,3,5,7-9H2,1-2H3. The normalized spacial score (nSPS) is 30.5. The van der Waals surface area contributed by atoms with Crippen molar-refractivity contribution >= 4 is 0 Å². The van der Waals surface area contributed by atoms with Crippen molar-refractivity contribution in [2.75, 3.05) is 6.54 Å². The molecule has 16 heavy (non-hydrogen) atoms. The molecule has 0 aliphatic heterocycles. The molecule has 0 aromatic carbocycles. The summed E-state index contributed by atoms with van der Waals surface area (Å²) in [4.78, 5) is 0. The van der Waals surface area contributed by atoms with Gasteiger partial charge in [0.15, 0.2) is 0 Å². The lowest BCUT2D eigenvalue weighted by Gasteiger charge is -2.32. The van der Waals surface area contributed by atoms with Crippen LogP contribution >= 0.6 is 0 Å². The molecule has 4 nitrogen and oxygen atoms in total. The highest BCUT2D eigenvalue weighted by molar-refractivity contribution is 4.79. The first-order chi connectivity index (χ1) is 7.74. The van der Waals surface area contributed by atoms with Crippen LogP contribution in [0.5, 0.6) is 0 Å². The molecule has 1 saturated carbocycles. The second-order valence-corrected chi connectivity index (χ2v) is 5.23. The highest BCUT2D eigenvalue weighted by Crippen LogP contribution is 2.28. The molecule has 4 heteroatoms. The summed E-state index contributed by atoms with van der Waals surface area (Å²) in [5, 5.41) is 11.4. The Morgan fingerprint density at radius 2 is 2.00 bits per heavy atom. The van der Waals surface area contributed by atoms with E-state index in [0.29, 0.717) is 6.04 Å². The minimum absolute atomic E-state index is 0.697. The van der Waals surface area contributed by atoms with Crippen molar-refractivity contribution in [3.8, 4) is 0 Å². The van der Waals surface area contributed by atoms with Crippen molar-refractivity contribution in [3.63, 3.8) is 0 Å². The van der Waals surface area contributed by atoms with Crippen molar-refractivity contribution in [1.82, 2.24) is 20.3 Å². The summed E-state index contributed by atoms with van der Waals surface area (Å²) in [5.74, 6) is 1.74. The van der Waals surface area contributed by atoms with Crippen LogP contribution in [0.4, 0.5) is 0 Å². The molecule has 2 rings (SSSR count). The van der Waals surface area contributed by atoms with Crippen LogP contribution in [0.25, 0.3) is 0 Å². The van der Waals surface area contributed by atoms with Gasteiger partial charge in [-0.2, -0.15) is 0 Å². The maximum absolute atomic E-state index is 3.96. The molecule has 0 bridgehead atoms. The second-order valence-electron chi connectivity index (χ2n) is 5.23. The summed E-state index contributed by atoms with van der Waals surface area (Å²) in [6.07, 6.45) is 7.67. The van der Waals surface area contributed by atoms with Gasteiger partial charge >= 0.3 is 0 Å². The van der Waals surface area contributed by atoms with Gasteiger partial charge in [0.2, 0.25) is 0 Å². The summed E-state index contributed by atoms with van der Waals surface area (Å²) in [5.41, 5.74) is 0. The molecule has 90 valence electrons. The van der Waals surface area contributed by atoms with E-state index in [1.54, 1.807) is 6.20 Å². The molecule has 0 amide bonds. The van der Waals surface area contributed by atoms with Gasteiger partial charge in [-0.3, -0.25) is 4.68 Å². The predicted octanol–water partition coefficient (Wildman–Crippen LogP) is 1.69. The quantitative estimate of drug-likeness (QED) is 0.843. The Labute approximate surface area is 97.4 Å². The van der Waals surface area contributed by atoms with Crippen LogP contribution in [0.3, 0.4) is 0 Å². The summed E-state index contributed by atoms with van der Waals surface area (Å²) in [6.45, 7) is 6.64. The monoisotopic (exact) mass is 222 g/mol. The van der Waals surface area contributed by atoms with Crippen LogP contribution in [0.15, 0.2) is 12.4 Å². The van der Waals surface area contributed by atoms with Crippen LogP contribution in [-0.2, 0) is 6.54 Å². The minimum Gasteiger partial charge on any atom is -0.312 e. The molecule has 2 unspecified atom stereocenters. The van der Waals surface area contributed by atoms with Crippen molar-refractivity contribution in [2.24, 2.45) is 11.8 Å². The molecule has 1 aromatic heterocycles. The van der Waals surface area contributed by atoms with Crippen molar-refractivity contribution < 1.29 is 0 Å². The summed E-state index contributed by atoms with van der Waals surface area (Å²) >= 11 is 0. The number of hydrogen-bond donors (Lipinski definition) is 1. The Balaban J connectivity index is 1.69. The second kappa shape index (κ2) is 5.43. The number of aromatic nitrogens is 3. The SMILES string of the molecule is CC1CC(C)CC(NCCn2ccnn2)C1. The highest BCUT2D eigenvalue weighted by Gasteiger charge is 2.23. The Morgan fingerprint density at radius 1 is 1.25 bits per heavy atom. The maximum Gasteiger partial charge on any atom is 0.0692 e. The largest absolute Gasteiger partial charge is 0.312 e. The third-order valence-electron chi connectivity index (χ3n) is 3.42. The predicted molar refractivity (Wildman–Crippen MR) is 64.0 cm³/mol. The van der Waals surface area contributed by atoms with E-state index in [-0.39, 0.29) is 0 Å². The molecule has 1 N–H and O–H groups in total. The lowest BCUT2D eigenvalue weighted by Crippen LogP contribution is -2.37.